The lowest BCUT2D eigenvalue weighted by Gasteiger charge is -2.37. The van der Waals surface area contributed by atoms with Crippen LogP contribution in [-0.2, 0) is 22.7 Å². The lowest BCUT2D eigenvalue weighted by Crippen LogP contribution is -2.51. The normalized spacial score (nSPS) is 24.2. The molecule has 1 aromatic carbocycles. The first-order valence-corrected chi connectivity index (χ1v) is 12.8. The summed E-state index contributed by atoms with van der Waals surface area (Å²) in [4.78, 5) is 35.0. The van der Waals surface area contributed by atoms with Crippen LogP contribution in [0.15, 0.2) is 35.1 Å². The van der Waals surface area contributed by atoms with Crippen LogP contribution in [0.2, 0.25) is 5.02 Å². The number of rotatable bonds is 4. The smallest absolute Gasteiger partial charge is 0.243 e. The number of carbonyl (C=O) groups is 2. The second-order valence-electron chi connectivity index (χ2n) is 8.71. The first-order chi connectivity index (χ1) is 15.9. The van der Waals surface area contributed by atoms with Crippen LogP contribution in [0.3, 0.4) is 0 Å². The number of nitrogens with zero attached hydrogens (tertiary/aromatic N) is 4. The Bertz CT molecular complexity index is 1070. The Balaban J connectivity index is 1.27. The number of benzene rings is 1. The van der Waals surface area contributed by atoms with E-state index in [9.17, 15) is 9.59 Å². The molecule has 0 saturated carbocycles. The van der Waals surface area contributed by atoms with Crippen molar-refractivity contribution in [2.75, 3.05) is 31.1 Å². The van der Waals surface area contributed by atoms with Crippen molar-refractivity contribution in [3.63, 3.8) is 0 Å². The molecule has 3 aliphatic rings. The van der Waals surface area contributed by atoms with Crippen LogP contribution in [0.5, 0.6) is 0 Å². The van der Waals surface area contributed by atoms with E-state index < -0.39 is 0 Å². The van der Waals surface area contributed by atoms with Crippen molar-refractivity contribution in [3.05, 3.63) is 56.8 Å². The number of anilines is 1. The van der Waals surface area contributed by atoms with E-state index in [1.54, 1.807) is 12.4 Å². The molecule has 33 heavy (non-hydrogen) atoms. The molecular weight excluding hydrogens is 526 g/mol. The molecule has 0 radical (unpaired) electrons. The van der Waals surface area contributed by atoms with E-state index in [-0.39, 0.29) is 23.2 Å². The first-order valence-electron chi connectivity index (χ1n) is 11.1. The molecular formula is C23H25BrClN5O2S. The Morgan fingerprint density at radius 2 is 1.97 bits per heavy atom. The van der Waals surface area contributed by atoms with Crippen LogP contribution in [-0.4, -0.2) is 58.8 Å². The van der Waals surface area contributed by atoms with Crippen LogP contribution < -0.4 is 10.2 Å². The molecule has 2 fully saturated rings. The van der Waals surface area contributed by atoms with Gasteiger partial charge in [0.1, 0.15) is 0 Å². The molecule has 0 spiro atoms. The minimum Gasteiger partial charge on any atom is -0.367 e. The fraction of sp³-hybridized carbons (Fsp3) is 0.435. The number of thiol groups is 1. The highest BCUT2D eigenvalue weighted by atomic mass is 79.9. The zero-order valence-electron chi connectivity index (χ0n) is 18.0. The molecule has 174 valence electrons. The summed E-state index contributed by atoms with van der Waals surface area (Å²) in [6.07, 6.45) is 4.38. The predicted octanol–water partition coefficient (Wildman–Crippen LogP) is 3.37. The SMILES string of the molecule is O=C1CCC(N2Cc3c(CN4CCN(c5c(Cl)cncc5Br)CC4)cccc3C2S)C(=O)N1. The van der Waals surface area contributed by atoms with Crippen LogP contribution in [0, 0.1) is 0 Å². The summed E-state index contributed by atoms with van der Waals surface area (Å²) in [5.74, 6) is -0.402. The summed E-state index contributed by atoms with van der Waals surface area (Å²) in [5, 5.41) is 2.99. The summed E-state index contributed by atoms with van der Waals surface area (Å²) in [6.45, 7) is 5.15. The highest BCUT2D eigenvalue weighted by Gasteiger charge is 2.39. The second-order valence-corrected chi connectivity index (χ2v) is 10.5. The number of amides is 2. The largest absolute Gasteiger partial charge is 0.367 e. The minimum atomic E-state index is -0.322. The van der Waals surface area contributed by atoms with Crippen molar-refractivity contribution >= 4 is 57.7 Å². The van der Waals surface area contributed by atoms with Crippen molar-refractivity contribution in [2.24, 2.45) is 0 Å². The standard InChI is InChI=1S/C23H25BrClN5O2S/c24-17-10-26-11-18(25)21(17)29-8-6-28(7-9-29)12-14-2-1-3-15-16(14)13-30(23(15)33)19-4-5-20(31)27-22(19)32/h1-3,10-11,19,23,33H,4-9,12-13H2,(H,27,31,32). The van der Waals surface area contributed by atoms with Gasteiger partial charge in [0, 0.05) is 58.1 Å². The third-order valence-electron chi connectivity index (χ3n) is 6.76. The summed E-state index contributed by atoms with van der Waals surface area (Å²) in [5.41, 5.74) is 4.69. The highest BCUT2D eigenvalue weighted by molar-refractivity contribution is 9.10. The molecule has 0 aliphatic carbocycles. The Morgan fingerprint density at radius 1 is 1.18 bits per heavy atom. The van der Waals surface area contributed by atoms with Gasteiger partial charge in [-0.25, -0.2) is 0 Å². The van der Waals surface area contributed by atoms with Crippen LogP contribution >= 0.6 is 40.2 Å². The van der Waals surface area contributed by atoms with Crippen LogP contribution in [0.1, 0.15) is 34.9 Å². The highest BCUT2D eigenvalue weighted by Crippen LogP contribution is 2.41. The summed E-state index contributed by atoms with van der Waals surface area (Å²) < 4.78 is 0.915. The Morgan fingerprint density at radius 3 is 2.70 bits per heavy atom. The number of fused-ring (bicyclic) bond motifs is 1. The lowest BCUT2D eigenvalue weighted by molar-refractivity contribution is -0.137. The van der Waals surface area contributed by atoms with E-state index in [2.05, 4.69) is 59.1 Å². The molecule has 2 atom stereocenters. The topological polar surface area (TPSA) is 68.8 Å². The van der Waals surface area contributed by atoms with Crippen molar-refractivity contribution in [1.29, 1.82) is 0 Å². The van der Waals surface area contributed by atoms with Crippen molar-refractivity contribution in [3.8, 4) is 0 Å². The fourth-order valence-corrected chi connectivity index (χ4v) is 6.50. The number of piperidine rings is 1. The number of carbonyl (C=O) groups excluding carboxylic acids is 2. The summed E-state index contributed by atoms with van der Waals surface area (Å²) in [6, 6.07) is 6.03. The Kier molecular flexibility index (Phi) is 6.68. The molecule has 2 aromatic rings. The average molecular weight is 551 g/mol. The van der Waals surface area contributed by atoms with Gasteiger partial charge in [-0.15, -0.1) is 0 Å². The van der Waals surface area contributed by atoms with E-state index in [4.69, 9.17) is 24.2 Å². The van der Waals surface area contributed by atoms with Gasteiger partial charge in [-0.1, -0.05) is 29.8 Å². The Labute approximate surface area is 212 Å². The maximum atomic E-state index is 12.4. The van der Waals surface area contributed by atoms with Crippen LogP contribution in [0.25, 0.3) is 0 Å². The number of hydrogen-bond acceptors (Lipinski definition) is 7. The molecule has 0 bridgehead atoms. The fourth-order valence-electron chi connectivity index (χ4n) is 5.04. The molecule has 4 heterocycles. The average Bonchev–Trinajstić information content (AvgIpc) is 3.12. The molecule has 3 aliphatic heterocycles. The molecule has 2 unspecified atom stereocenters. The van der Waals surface area contributed by atoms with Gasteiger partial charge in [0.25, 0.3) is 0 Å². The third kappa shape index (κ3) is 4.53. The van der Waals surface area contributed by atoms with Crippen molar-refractivity contribution in [2.45, 2.75) is 37.3 Å². The van der Waals surface area contributed by atoms with Gasteiger partial charge in [-0.2, -0.15) is 12.6 Å². The molecule has 7 nitrogen and oxygen atoms in total. The number of nitrogens with one attached hydrogen (secondary N) is 1. The zero-order chi connectivity index (χ0) is 23.1. The number of aromatic nitrogens is 1. The maximum absolute atomic E-state index is 12.4. The van der Waals surface area contributed by atoms with E-state index in [0.717, 1.165) is 48.4 Å². The number of imide groups is 1. The molecule has 1 N–H and O–H groups in total. The first kappa shape index (κ1) is 23.1. The van der Waals surface area contributed by atoms with Crippen LogP contribution in [0.4, 0.5) is 5.69 Å². The molecule has 1 aromatic heterocycles. The second kappa shape index (κ2) is 9.54. The molecule has 2 saturated heterocycles. The van der Waals surface area contributed by atoms with Crippen molar-refractivity contribution in [1.82, 2.24) is 20.1 Å². The monoisotopic (exact) mass is 549 g/mol. The predicted molar refractivity (Wildman–Crippen MR) is 134 cm³/mol. The van der Waals surface area contributed by atoms with E-state index in [0.29, 0.717) is 24.4 Å². The van der Waals surface area contributed by atoms with Gasteiger partial charge in [0.2, 0.25) is 11.8 Å². The van der Waals surface area contributed by atoms with Gasteiger partial charge in [-0.05, 0) is 39.0 Å². The maximum Gasteiger partial charge on any atom is 0.243 e. The quantitative estimate of drug-likeness (QED) is 0.450. The van der Waals surface area contributed by atoms with Gasteiger partial charge >= 0.3 is 0 Å². The minimum absolute atomic E-state index is 0.146. The van der Waals surface area contributed by atoms with Gasteiger partial charge in [0.05, 0.1) is 26.6 Å². The van der Waals surface area contributed by atoms with Gasteiger partial charge < -0.3 is 4.90 Å². The zero-order valence-corrected chi connectivity index (χ0v) is 21.2. The van der Waals surface area contributed by atoms with E-state index >= 15 is 0 Å². The van der Waals surface area contributed by atoms with E-state index in [1.165, 1.54) is 11.1 Å². The van der Waals surface area contributed by atoms with E-state index in [1.807, 2.05) is 0 Å². The van der Waals surface area contributed by atoms with Gasteiger partial charge in [-0.3, -0.25) is 29.7 Å². The third-order valence-corrected chi connectivity index (χ3v) is 8.20. The number of halogens is 2. The lowest BCUT2D eigenvalue weighted by atomic mass is 10.0. The number of piperazine rings is 1. The Hall–Kier alpha value is -1.65. The van der Waals surface area contributed by atoms with Gasteiger partial charge in [0.15, 0.2) is 0 Å². The molecule has 5 rings (SSSR count). The van der Waals surface area contributed by atoms with Crippen molar-refractivity contribution < 1.29 is 9.59 Å². The number of pyridine rings is 1. The molecule has 10 heteroatoms. The number of hydrogen-bond donors (Lipinski definition) is 2. The summed E-state index contributed by atoms with van der Waals surface area (Å²) in [7, 11) is 0. The molecule has 2 amide bonds. The summed E-state index contributed by atoms with van der Waals surface area (Å²) >= 11 is 14.8.